The van der Waals surface area contributed by atoms with Crippen molar-refractivity contribution >= 4 is 0 Å². The van der Waals surface area contributed by atoms with Crippen LogP contribution in [0.3, 0.4) is 0 Å². The van der Waals surface area contributed by atoms with Gasteiger partial charge in [0.05, 0.1) is 6.10 Å². The molecule has 3 aliphatic rings. The molecule has 2 heteroatoms. The first-order chi connectivity index (χ1) is 6.29. The summed E-state index contributed by atoms with van der Waals surface area (Å²) in [5, 5.41) is 18.9. The Hall–Kier alpha value is -0.0800. The molecule has 0 saturated heterocycles. The molecule has 3 rings (SSSR count). The van der Waals surface area contributed by atoms with E-state index in [-0.39, 0.29) is 6.10 Å². The van der Waals surface area contributed by atoms with Gasteiger partial charge in [0.25, 0.3) is 0 Å². The zero-order valence-electron chi connectivity index (χ0n) is 7.89. The van der Waals surface area contributed by atoms with Gasteiger partial charge >= 0.3 is 0 Å². The number of hydrogen-bond donors (Lipinski definition) is 2. The molecule has 3 fully saturated rings. The van der Waals surface area contributed by atoms with Crippen molar-refractivity contribution in [2.45, 2.75) is 31.8 Å². The topological polar surface area (TPSA) is 40.5 Å². The third-order valence-electron chi connectivity index (χ3n) is 4.79. The SMILES string of the molecule is OC[C@H]1C[C@H]2[C@H](C1)[C@@H]1C[C@@H]2[C@@H](O)C1. The highest BCUT2D eigenvalue weighted by Gasteiger charge is 2.55. The minimum atomic E-state index is -0.0105. The lowest BCUT2D eigenvalue weighted by Crippen LogP contribution is -2.27. The Labute approximate surface area is 79.0 Å². The maximum absolute atomic E-state index is 9.76. The minimum Gasteiger partial charge on any atom is -0.396 e. The fourth-order valence-corrected chi connectivity index (χ4v) is 4.30. The fourth-order valence-electron chi connectivity index (χ4n) is 4.30. The van der Waals surface area contributed by atoms with Gasteiger partial charge in [-0.3, -0.25) is 0 Å². The first kappa shape index (κ1) is 8.25. The van der Waals surface area contributed by atoms with Crippen LogP contribution >= 0.6 is 0 Å². The van der Waals surface area contributed by atoms with E-state index >= 15 is 0 Å². The summed E-state index contributed by atoms with van der Waals surface area (Å²) in [6, 6.07) is 0. The molecule has 13 heavy (non-hydrogen) atoms. The van der Waals surface area contributed by atoms with Gasteiger partial charge in [-0.05, 0) is 55.3 Å². The van der Waals surface area contributed by atoms with Crippen LogP contribution in [0, 0.1) is 29.6 Å². The number of aliphatic hydroxyl groups excluding tert-OH is 2. The van der Waals surface area contributed by atoms with Crippen molar-refractivity contribution < 1.29 is 10.2 Å². The second-order valence-electron chi connectivity index (χ2n) is 5.31. The molecule has 2 nitrogen and oxygen atoms in total. The second-order valence-corrected chi connectivity index (χ2v) is 5.31. The molecule has 0 spiro atoms. The van der Waals surface area contributed by atoms with Crippen LogP contribution in [0.25, 0.3) is 0 Å². The Morgan fingerprint density at radius 2 is 1.69 bits per heavy atom. The van der Waals surface area contributed by atoms with Crippen LogP contribution in [0.2, 0.25) is 0 Å². The third-order valence-corrected chi connectivity index (χ3v) is 4.79. The zero-order chi connectivity index (χ0) is 9.00. The molecule has 74 valence electrons. The van der Waals surface area contributed by atoms with Crippen molar-refractivity contribution in [1.29, 1.82) is 0 Å². The lowest BCUT2D eigenvalue weighted by atomic mass is 9.80. The van der Waals surface area contributed by atoms with Crippen LogP contribution in [0.5, 0.6) is 0 Å². The Morgan fingerprint density at radius 1 is 0.923 bits per heavy atom. The summed E-state index contributed by atoms with van der Waals surface area (Å²) in [5.74, 6) is 3.54. The third kappa shape index (κ3) is 1.02. The highest BCUT2D eigenvalue weighted by atomic mass is 16.3. The van der Waals surface area contributed by atoms with Gasteiger partial charge in [0.1, 0.15) is 0 Å². The summed E-state index contributed by atoms with van der Waals surface area (Å²) >= 11 is 0. The Balaban J connectivity index is 1.79. The number of fused-ring (bicyclic) bond motifs is 5. The molecule has 0 radical (unpaired) electrons. The van der Waals surface area contributed by atoms with E-state index in [2.05, 4.69) is 0 Å². The van der Waals surface area contributed by atoms with Gasteiger partial charge in [0, 0.05) is 6.61 Å². The summed E-state index contributed by atoms with van der Waals surface area (Å²) in [4.78, 5) is 0. The molecule has 0 aliphatic heterocycles. The van der Waals surface area contributed by atoms with Crippen LogP contribution in [0.15, 0.2) is 0 Å². The first-order valence-electron chi connectivity index (χ1n) is 5.58. The van der Waals surface area contributed by atoms with Crippen LogP contribution in [0.4, 0.5) is 0 Å². The lowest BCUT2D eigenvalue weighted by molar-refractivity contribution is 0.0638. The molecular weight excluding hydrogens is 164 g/mol. The maximum atomic E-state index is 9.76. The van der Waals surface area contributed by atoms with Gasteiger partial charge in [0.15, 0.2) is 0 Å². The quantitative estimate of drug-likeness (QED) is 0.635. The second kappa shape index (κ2) is 2.71. The fraction of sp³-hybridized carbons (Fsp3) is 1.00. The van der Waals surface area contributed by atoms with E-state index in [1.807, 2.05) is 0 Å². The van der Waals surface area contributed by atoms with Crippen LogP contribution in [0.1, 0.15) is 25.7 Å². The van der Waals surface area contributed by atoms with Gasteiger partial charge in [-0.15, -0.1) is 0 Å². The van der Waals surface area contributed by atoms with E-state index < -0.39 is 0 Å². The van der Waals surface area contributed by atoms with Crippen molar-refractivity contribution in [1.82, 2.24) is 0 Å². The van der Waals surface area contributed by atoms with Crippen LogP contribution < -0.4 is 0 Å². The molecule has 3 aliphatic carbocycles. The largest absolute Gasteiger partial charge is 0.396 e. The summed E-state index contributed by atoms with van der Waals surface area (Å²) in [5.41, 5.74) is 0. The van der Waals surface area contributed by atoms with Crippen LogP contribution in [-0.4, -0.2) is 22.9 Å². The van der Waals surface area contributed by atoms with E-state index in [0.29, 0.717) is 18.4 Å². The lowest BCUT2D eigenvalue weighted by Gasteiger charge is -2.28. The van der Waals surface area contributed by atoms with E-state index in [4.69, 9.17) is 5.11 Å². The predicted molar refractivity (Wildman–Crippen MR) is 49.0 cm³/mol. The predicted octanol–water partition coefficient (Wildman–Crippen LogP) is 1.02. The first-order valence-corrected chi connectivity index (χ1v) is 5.58. The van der Waals surface area contributed by atoms with Gasteiger partial charge in [0.2, 0.25) is 0 Å². The van der Waals surface area contributed by atoms with Crippen molar-refractivity contribution in [2.24, 2.45) is 29.6 Å². The van der Waals surface area contributed by atoms with Crippen LogP contribution in [-0.2, 0) is 0 Å². The molecule has 0 heterocycles. The molecular formula is C11H18O2. The Bertz CT molecular complexity index is 216. The average Bonchev–Trinajstić information content (AvgIpc) is 2.71. The molecule has 0 aromatic heterocycles. The standard InChI is InChI=1S/C11H18O2/c12-5-6-1-8-7-3-10(9(8)2-6)11(13)4-7/h6-13H,1-5H2/t6-,7-,8-,9+,10+,11+/m1/s1. The highest BCUT2D eigenvalue weighted by molar-refractivity contribution is 5.04. The van der Waals surface area contributed by atoms with E-state index in [0.717, 1.165) is 24.2 Å². The van der Waals surface area contributed by atoms with E-state index in [9.17, 15) is 5.11 Å². The van der Waals surface area contributed by atoms with Crippen molar-refractivity contribution in [3.8, 4) is 0 Å². The Morgan fingerprint density at radius 3 is 2.46 bits per heavy atom. The molecule has 0 aromatic carbocycles. The van der Waals surface area contributed by atoms with Crippen molar-refractivity contribution in [2.75, 3.05) is 6.61 Å². The summed E-state index contributed by atoms with van der Waals surface area (Å²) in [6.45, 7) is 0.364. The summed E-state index contributed by atoms with van der Waals surface area (Å²) in [7, 11) is 0. The van der Waals surface area contributed by atoms with Crippen molar-refractivity contribution in [3.63, 3.8) is 0 Å². The van der Waals surface area contributed by atoms with Gasteiger partial charge in [-0.25, -0.2) is 0 Å². The maximum Gasteiger partial charge on any atom is 0.0574 e. The monoisotopic (exact) mass is 182 g/mol. The minimum absolute atomic E-state index is 0.0105. The normalized spacial score (nSPS) is 58.6. The van der Waals surface area contributed by atoms with Gasteiger partial charge in [-0.2, -0.15) is 0 Å². The summed E-state index contributed by atoms with van der Waals surface area (Å²) < 4.78 is 0. The smallest absolute Gasteiger partial charge is 0.0574 e. The van der Waals surface area contributed by atoms with E-state index in [1.165, 1.54) is 19.3 Å². The molecule has 2 bridgehead atoms. The molecule has 2 N–H and O–H groups in total. The molecule has 0 aromatic rings. The molecule has 6 atom stereocenters. The molecule has 3 saturated carbocycles. The summed E-state index contributed by atoms with van der Waals surface area (Å²) in [6.07, 6.45) is 4.72. The van der Waals surface area contributed by atoms with Gasteiger partial charge in [-0.1, -0.05) is 0 Å². The zero-order valence-corrected chi connectivity index (χ0v) is 7.89. The Kier molecular flexibility index (Phi) is 1.72. The number of rotatable bonds is 1. The average molecular weight is 182 g/mol. The number of aliphatic hydroxyl groups is 2. The highest BCUT2D eigenvalue weighted by Crippen LogP contribution is 2.59. The number of hydrogen-bond acceptors (Lipinski definition) is 2. The van der Waals surface area contributed by atoms with Gasteiger partial charge < -0.3 is 10.2 Å². The van der Waals surface area contributed by atoms with E-state index in [1.54, 1.807) is 0 Å². The molecule has 0 amide bonds. The van der Waals surface area contributed by atoms with Crippen molar-refractivity contribution in [3.05, 3.63) is 0 Å². The molecule has 0 unspecified atom stereocenters.